The molecule has 0 saturated carbocycles. The minimum Gasteiger partial charge on any atom is -0.497 e. The number of halogens is 1. The van der Waals surface area contributed by atoms with Crippen molar-refractivity contribution in [2.75, 3.05) is 12.9 Å². The number of nitrogens with one attached hydrogen (secondary N) is 1. The molecule has 0 bridgehead atoms. The second-order valence-electron chi connectivity index (χ2n) is 5.64. The Morgan fingerprint density at radius 1 is 1.26 bits per heavy atom. The molecule has 1 aromatic heterocycles. The first-order valence-electron chi connectivity index (χ1n) is 8.20. The number of thioether (sulfide) groups is 1. The number of ether oxygens (including phenoxy) is 1. The predicted molar refractivity (Wildman–Crippen MR) is 106 cm³/mol. The van der Waals surface area contributed by atoms with Gasteiger partial charge in [0.25, 0.3) is 0 Å². The minimum atomic E-state index is -0.0553. The summed E-state index contributed by atoms with van der Waals surface area (Å²) < 4.78 is 10.4. The van der Waals surface area contributed by atoms with E-state index < -0.39 is 0 Å². The number of carbonyl (C=O) groups excluding carboxylic acids is 1. The number of amides is 1. The van der Waals surface area contributed by atoms with Gasteiger partial charge in [0.2, 0.25) is 17.6 Å². The Balaban J connectivity index is 1.43. The first-order valence-corrected chi connectivity index (χ1v) is 9.73. The maximum Gasteiger partial charge on any atom is 0.236 e. The lowest BCUT2D eigenvalue weighted by Crippen LogP contribution is -2.24. The largest absolute Gasteiger partial charge is 0.497 e. The van der Waals surface area contributed by atoms with Crippen LogP contribution in [0.1, 0.15) is 11.5 Å². The third kappa shape index (κ3) is 5.74. The molecular weight excluding hydrogens is 386 g/mol. The molecule has 0 atom stereocenters. The summed E-state index contributed by atoms with van der Waals surface area (Å²) in [6.07, 6.45) is 0. The fourth-order valence-corrected chi connectivity index (χ4v) is 3.10. The van der Waals surface area contributed by atoms with E-state index in [1.54, 1.807) is 19.2 Å². The molecule has 140 valence electrons. The average Bonchev–Trinajstić information content (AvgIpc) is 3.16. The number of carbonyl (C=O) groups is 1. The van der Waals surface area contributed by atoms with Gasteiger partial charge < -0.3 is 14.6 Å². The molecule has 0 saturated heterocycles. The zero-order valence-corrected chi connectivity index (χ0v) is 16.2. The van der Waals surface area contributed by atoms with Gasteiger partial charge in [-0.05, 0) is 42.0 Å². The first-order chi connectivity index (χ1) is 13.1. The van der Waals surface area contributed by atoms with Crippen molar-refractivity contribution in [1.82, 2.24) is 15.5 Å². The van der Waals surface area contributed by atoms with E-state index in [9.17, 15) is 4.79 Å². The van der Waals surface area contributed by atoms with Gasteiger partial charge >= 0.3 is 0 Å². The standard InChI is InChI=1S/C19H18ClN3O3S/c1-25-16-4-2-3-13(9-16)10-21-17(24)11-27-12-18-22-19(23-26-18)14-5-7-15(20)8-6-14/h2-9H,10-12H2,1H3,(H,21,24). The Labute approximate surface area is 166 Å². The van der Waals surface area contributed by atoms with Crippen molar-refractivity contribution >= 4 is 29.3 Å². The smallest absolute Gasteiger partial charge is 0.236 e. The van der Waals surface area contributed by atoms with Crippen molar-refractivity contribution in [3.63, 3.8) is 0 Å². The molecule has 3 rings (SSSR count). The Morgan fingerprint density at radius 2 is 2.07 bits per heavy atom. The molecule has 2 aromatic carbocycles. The Kier molecular flexibility index (Phi) is 6.73. The number of hydrogen-bond acceptors (Lipinski definition) is 6. The lowest BCUT2D eigenvalue weighted by Gasteiger charge is -2.06. The van der Waals surface area contributed by atoms with Crippen LogP contribution >= 0.6 is 23.4 Å². The van der Waals surface area contributed by atoms with Crippen LogP contribution in [0.4, 0.5) is 0 Å². The number of methoxy groups -OCH3 is 1. The number of nitrogens with zero attached hydrogens (tertiary/aromatic N) is 2. The van der Waals surface area contributed by atoms with Crippen molar-refractivity contribution in [3.05, 3.63) is 65.0 Å². The van der Waals surface area contributed by atoms with E-state index in [1.165, 1.54) is 11.8 Å². The van der Waals surface area contributed by atoms with E-state index in [2.05, 4.69) is 15.5 Å². The molecule has 0 fully saturated rings. The Morgan fingerprint density at radius 3 is 2.85 bits per heavy atom. The molecule has 0 unspecified atom stereocenters. The zero-order valence-electron chi connectivity index (χ0n) is 14.6. The van der Waals surface area contributed by atoms with Crippen molar-refractivity contribution in [2.45, 2.75) is 12.3 Å². The molecular formula is C19H18ClN3O3S. The summed E-state index contributed by atoms with van der Waals surface area (Å²) in [4.78, 5) is 16.3. The molecule has 0 aliphatic heterocycles. The van der Waals surface area contributed by atoms with Crippen LogP contribution in [0.25, 0.3) is 11.4 Å². The van der Waals surface area contributed by atoms with Crippen LogP contribution in [0.3, 0.4) is 0 Å². The molecule has 0 radical (unpaired) electrons. The van der Waals surface area contributed by atoms with Crippen molar-refractivity contribution in [1.29, 1.82) is 0 Å². The summed E-state index contributed by atoms with van der Waals surface area (Å²) in [5.74, 6) is 2.47. The quantitative estimate of drug-likeness (QED) is 0.613. The Bertz CT molecular complexity index is 899. The van der Waals surface area contributed by atoms with Crippen LogP contribution in [0.2, 0.25) is 5.02 Å². The van der Waals surface area contributed by atoms with Crippen LogP contribution in [0.15, 0.2) is 53.1 Å². The maximum absolute atomic E-state index is 12.0. The third-order valence-electron chi connectivity index (χ3n) is 3.65. The fraction of sp³-hybridized carbons (Fsp3) is 0.211. The van der Waals surface area contributed by atoms with Gasteiger partial charge in [0, 0.05) is 17.1 Å². The van der Waals surface area contributed by atoms with E-state index in [1.807, 2.05) is 36.4 Å². The van der Waals surface area contributed by atoms with Crippen molar-refractivity contribution < 1.29 is 14.1 Å². The second kappa shape index (κ2) is 9.43. The molecule has 6 nitrogen and oxygen atoms in total. The molecule has 3 aromatic rings. The van der Waals surface area contributed by atoms with Gasteiger partial charge in [-0.15, -0.1) is 11.8 Å². The lowest BCUT2D eigenvalue weighted by molar-refractivity contribution is -0.118. The van der Waals surface area contributed by atoms with Crippen molar-refractivity contribution in [2.24, 2.45) is 0 Å². The lowest BCUT2D eigenvalue weighted by atomic mass is 10.2. The van der Waals surface area contributed by atoms with E-state index in [0.29, 0.717) is 34.8 Å². The molecule has 0 aliphatic carbocycles. The average molecular weight is 404 g/mol. The third-order valence-corrected chi connectivity index (χ3v) is 4.82. The maximum atomic E-state index is 12.0. The van der Waals surface area contributed by atoms with Gasteiger partial charge in [-0.3, -0.25) is 4.79 Å². The highest BCUT2D eigenvalue weighted by Crippen LogP contribution is 2.20. The highest BCUT2D eigenvalue weighted by atomic mass is 35.5. The second-order valence-corrected chi connectivity index (χ2v) is 7.06. The fourth-order valence-electron chi connectivity index (χ4n) is 2.29. The minimum absolute atomic E-state index is 0.0553. The highest BCUT2D eigenvalue weighted by Gasteiger charge is 2.10. The monoisotopic (exact) mass is 403 g/mol. The molecule has 1 N–H and O–H groups in total. The van der Waals surface area contributed by atoms with Gasteiger partial charge in [0.15, 0.2) is 0 Å². The van der Waals surface area contributed by atoms with E-state index in [4.69, 9.17) is 20.9 Å². The molecule has 1 heterocycles. The van der Waals surface area contributed by atoms with Gasteiger partial charge in [-0.1, -0.05) is 28.9 Å². The summed E-state index contributed by atoms with van der Waals surface area (Å²) in [6.45, 7) is 0.456. The van der Waals surface area contributed by atoms with Crippen LogP contribution in [-0.4, -0.2) is 28.9 Å². The van der Waals surface area contributed by atoms with Gasteiger partial charge in [-0.2, -0.15) is 4.98 Å². The van der Waals surface area contributed by atoms with Crippen LogP contribution in [0, 0.1) is 0 Å². The van der Waals surface area contributed by atoms with Gasteiger partial charge in [0.1, 0.15) is 5.75 Å². The number of rotatable bonds is 8. The van der Waals surface area contributed by atoms with Crippen LogP contribution in [0.5, 0.6) is 5.75 Å². The van der Waals surface area contributed by atoms with E-state index in [0.717, 1.165) is 16.9 Å². The topological polar surface area (TPSA) is 77.2 Å². The SMILES string of the molecule is COc1cccc(CNC(=O)CSCc2nc(-c3ccc(Cl)cc3)no2)c1. The van der Waals surface area contributed by atoms with Crippen LogP contribution in [-0.2, 0) is 17.1 Å². The summed E-state index contributed by atoms with van der Waals surface area (Å²) in [6, 6.07) is 14.8. The summed E-state index contributed by atoms with van der Waals surface area (Å²) in [7, 11) is 1.62. The number of benzene rings is 2. The molecule has 27 heavy (non-hydrogen) atoms. The zero-order chi connectivity index (χ0) is 19.1. The first kappa shape index (κ1) is 19.3. The molecule has 0 spiro atoms. The van der Waals surface area contributed by atoms with Crippen LogP contribution < -0.4 is 10.1 Å². The van der Waals surface area contributed by atoms with E-state index >= 15 is 0 Å². The summed E-state index contributed by atoms with van der Waals surface area (Å²) in [5, 5.41) is 7.48. The van der Waals surface area contributed by atoms with Crippen molar-refractivity contribution in [3.8, 4) is 17.1 Å². The molecule has 8 heteroatoms. The Hall–Kier alpha value is -2.51. The number of aromatic nitrogens is 2. The highest BCUT2D eigenvalue weighted by molar-refractivity contribution is 7.99. The normalized spacial score (nSPS) is 10.6. The van der Waals surface area contributed by atoms with Gasteiger partial charge in [-0.25, -0.2) is 0 Å². The number of hydrogen-bond donors (Lipinski definition) is 1. The van der Waals surface area contributed by atoms with E-state index in [-0.39, 0.29) is 5.91 Å². The predicted octanol–water partition coefficient (Wildman–Crippen LogP) is 3.95. The summed E-state index contributed by atoms with van der Waals surface area (Å²) >= 11 is 7.28. The molecule has 0 aliphatic rings. The summed E-state index contributed by atoms with van der Waals surface area (Å²) in [5.41, 5.74) is 1.81. The van der Waals surface area contributed by atoms with Gasteiger partial charge in [0.05, 0.1) is 18.6 Å². The molecule has 1 amide bonds.